The Morgan fingerprint density at radius 1 is 1.15 bits per heavy atom. The highest BCUT2D eigenvalue weighted by molar-refractivity contribution is 5.77. The lowest BCUT2D eigenvalue weighted by atomic mass is 9.90. The van der Waals surface area contributed by atoms with Gasteiger partial charge in [0, 0.05) is 44.7 Å². The third-order valence-corrected chi connectivity index (χ3v) is 6.22. The van der Waals surface area contributed by atoms with Crippen LogP contribution < -0.4 is 5.32 Å². The largest absolute Gasteiger partial charge is 0.354 e. The maximum atomic E-state index is 12.6. The Labute approximate surface area is 158 Å². The summed E-state index contributed by atoms with van der Waals surface area (Å²) in [6, 6.07) is 10.6. The molecule has 1 aliphatic carbocycles. The summed E-state index contributed by atoms with van der Waals surface area (Å²) in [5.74, 6) is 1.27. The quantitative estimate of drug-likeness (QED) is 0.776. The summed E-state index contributed by atoms with van der Waals surface area (Å²) in [6.45, 7) is 13.0. The lowest BCUT2D eigenvalue weighted by molar-refractivity contribution is -0.122. The van der Waals surface area contributed by atoms with E-state index in [0.717, 1.165) is 39.3 Å². The fraction of sp³-hybridized carbons (Fsp3) is 0.682. The average Bonchev–Trinajstić information content (AvgIpc) is 3.50. The number of rotatable bonds is 8. The SMILES string of the molecule is CCN1CCN(C(C)(C)CNC(=O)CC(c2ccccc2)C2CC2)CC1. The third-order valence-electron chi connectivity index (χ3n) is 6.22. The summed E-state index contributed by atoms with van der Waals surface area (Å²) >= 11 is 0. The minimum Gasteiger partial charge on any atom is -0.354 e. The van der Waals surface area contributed by atoms with Crippen molar-refractivity contribution in [3.05, 3.63) is 35.9 Å². The van der Waals surface area contributed by atoms with Crippen molar-refractivity contribution < 1.29 is 4.79 Å². The Morgan fingerprint density at radius 2 is 1.81 bits per heavy atom. The normalized spacial score (nSPS) is 20.7. The Bertz CT molecular complexity index is 574. The first kappa shape index (κ1) is 19.4. The van der Waals surface area contributed by atoms with Crippen molar-refractivity contribution >= 4 is 5.91 Å². The van der Waals surface area contributed by atoms with E-state index in [1.54, 1.807) is 0 Å². The summed E-state index contributed by atoms with van der Waals surface area (Å²) in [6.07, 6.45) is 3.15. The lowest BCUT2D eigenvalue weighted by Crippen LogP contribution is -2.58. The Hall–Kier alpha value is -1.39. The first-order chi connectivity index (χ1) is 12.5. The maximum Gasteiger partial charge on any atom is 0.220 e. The van der Waals surface area contributed by atoms with Crippen molar-refractivity contribution in [2.24, 2.45) is 5.92 Å². The van der Waals surface area contributed by atoms with Crippen LogP contribution in [0.4, 0.5) is 0 Å². The van der Waals surface area contributed by atoms with E-state index in [9.17, 15) is 4.79 Å². The fourth-order valence-corrected chi connectivity index (χ4v) is 4.12. The predicted octanol–water partition coefficient (Wildman–Crippen LogP) is 3.10. The van der Waals surface area contributed by atoms with Crippen LogP contribution in [0.5, 0.6) is 0 Å². The molecule has 1 aromatic rings. The summed E-state index contributed by atoms with van der Waals surface area (Å²) in [5.41, 5.74) is 1.33. The second-order valence-corrected chi connectivity index (χ2v) is 8.57. The molecule has 1 amide bonds. The highest BCUT2D eigenvalue weighted by Gasteiger charge is 2.34. The van der Waals surface area contributed by atoms with Gasteiger partial charge in [0.15, 0.2) is 0 Å². The predicted molar refractivity (Wildman–Crippen MR) is 107 cm³/mol. The molecule has 1 saturated heterocycles. The second-order valence-electron chi connectivity index (χ2n) is 8.57. The summed E-state index contributed by atoms with van der Waals surface area (Å²) in [7, 11) is 0. The number of carbonyl (C=O) groups is 1. The highest BCUT2D eigenvalue weighted by atomic mass is 16.1. The molecule has 0 radical (unpaired) electrons. The minimum atomic E-state index is 0.0112. The average molecular weight is 358 g/mol. The molecule has 1 aromatic carbocycles. The molecule has 26 heavy (non-hydrogen) atoms. The van der Waals surface area contributed by atoms with E-state index in [2.05, 4.69) is 60.2 Å². The van der Waals surface area contributed by atoms with E-state index in [0.29, 0.717) is 18.3 Å². The lowest BCUT2D eigenvalue weighted by Gasteiger charge is -2.44. The number of piperazine rings is 1. The van der Waals surface area contributed by atoms with Gasteiger partial charge in [0.25, 0.3) is 0 Å². The van der Waals surface area contributed by atoms with Gasteiger partial charge >= 0.3 is 0 Å². The number of benzene rings is 1. The van der Waals surface area contributed by atoms with E-state index in [1.165, 1.54) is 18.4 Å². The molecule has 1 saturated carbocycles. The van der Waals surface area contributed by atoms with Gasteiger partial charge in [-0.25, -0.2) is 0 Å². The van der Waals surface area contributed by atoms with Crippen molar-refractivity contribution in [3.8, 4) is 0 Å². The molecule has 0 bridgehead atoms. The van der Waals surface area contributed by atoms with Gasteiger partial charge in [0.1, 0.15) is 0 Å². The zero-order chi connectivity index (χ0) is 18.6. The van der Waals surface area contributed by atoms with E-state index in [1.807, 2.05) is 6.07 Å². The maximum absolute atomic E-state index is 12.6. The van der Waals surface area contributed by atoms with Crippen LogP contribution in [0.15, 0.2) is 30.3 Å². The molecule has 1 N–H and O–H groups in total. The molecule has 4 nitrogen and oxygen atoms in total. The van der Waals surface area contributed by atoms with Crippen molar-refractivity contribution in [3.63, 3.8) is 0 Å². The van der Waals surface area contributed by atoms with Crippen LogP contribution in [0.3, 0.4) is 0 Å². The molecule has 1 heterocycles. The monoisotopic (exact) mass is 357 g/mol. The van der Waals surface area contributed by atoms with Crippen LogP contribution in [-0.2, 0) is 4.79 Å². The summed E-state index contributed by atoms with van der Waals surface area (Å²) in [4.78, 5) is 17.7. The molecule has 3 rings (SSSR count). The topological polar surface area (TPSA) is 35.6 Å². The Morgan fingerprint density at radius 3 is 2.38 bits per heavy atom. The van der Waals surface area contributed by atoms with Crippen molar-refractivity contribution in [2.45, 2.75) is 51.5 Å². The minimum absolute atomic E-state index is 0.0112. The number of likely N-dealkylation sites (N-methyl/N-ethyl adjacent to an activating group) is 1. The molecule has 0 spiro atoms. The number of carbonyl (C=O) groups excluding carboxylic acids is 1. The molecular weight excluding hydrogens is 322 g/mol. The first-order valence-electron chi connectivity index (χ1n) is 10.3. The molecule has 4 heteroatoms. The molecule has 1 unspecified atom stereocenters. The van der Waals surface area contributed by atoms with E-state index in [-0.39, 0.29) is 11.4 Å². The van der Waals surface area contributed by atoms with Crippen molar-refractivity contribution in [1.29, 1.82) is 0 Å². The summed E-state index contributed by atoms with van der Waals surface area (Å²) in [5, 5.41) is 3.23. The third kappa shape index (κ3) is 5.08. The van der Waals surface area contributed by atoms with Crippen molar-refractivity contribution in [1.82, 2.24) is 15.1 Å². The highest BCUT2D eigenvalue weighted by Crippen LogP contribution is 2.44. The van der Waals surface area contributed by atoms with Gasteiger partial charge < -0.3 is 10.2 Å². The van der Waals surface area contributed by atoms with Gasteiger partial charge in [0.2, 0.25) is 5.91 Å². The van der Waals surface area contributed by atoms with Gasteiger partial charge in [-0.1, -0.05) is 37.3 Å². The smallest absolute Gasteiger partial charge is 0.220 e. The molecule has 1 aliphatic heterocycles. The number of hydrogen-bond acceptors (Lipinski definition) is 3. The van der Waals surface area contributed by atoms with Gasteiger partial charge in [-0.2, -0.15) is 0 Å². The van der Waals surface area contributed by atoms with Crippen molar-refractivity contribution in [2.75, 3.05) is 39.3 Å². The number of amides is 1. The van der Waals surface area contributed by atoms with Gasteiger partial charge in [0.05, 0.1) is 0 Å². The Kier molecular flexibility index (Phi) is 6.36. The fourth-order valence-electron chi connectivity index (χ4n) is 4.12. The molecule has 2 aliphatic rings. The molecule has 2 fully saturated rings. The Balaban J connectivity index is 1.50. The van der Waals surface area contributed by atoms with E-state index in [4.69, 9.17) is 0 Å². The van der Waals surface area contributed by atoms with E-state index < -0.39 is 0 Å². The summed E-state index contributed by atoms with van der Waals surface area (Å²) < 4.78 is 0. The molecule has 0 aromatic heterocycles. The van der Waals surface area contributed by atoms with Crippen LogP contribution >= 0.6 is 0 Å². The van der Waals surface area contributed by atoms with Gasteiger partial charge in [-0.15, -0.1) is 0 Å². The van der Waals surface area contributed by atoms with Crippen LogP contribution in [0.1, 0.15) is 51.5 Å². The van der Waals surface area contributed by atoms with Gasteiger partial charge in [-0.3, -0.25) is 9.69 Å². The second kappa shape index (κ2) is 8.53. The first-order valence-corrected chi connectivity index (χ1v) is 10.3. The van der Waals surface area contributed by atoms with Crippen LogP contribution in [0, 0.1) is 5.92 Å². The zero-order valence-corrected chi connectivity index (χ0v) is 16.7. The van der Waals surface area contributed by atoms with E-state index >= 15 is 0 Å². The van der Waals surface area contributed by atoms with Crippen LogP contribution in [0.25, 0.3) is 0 Å². The van der Waals surface area contributed by atoms with Gasteiger partial charge in [-0.05, 0) is 50.6 Å². The number of hydrogen-bond donors (Lipinski definition) is 1. The molecule has 1 atom stereocenters. The number of nitrogens with one attached hydrogen (secondary N) is 1. The van der Waals surface area contributed by atoms with Crippen LogP contribution in [-0.4, -0.2) is 60.5 Å². The molecule has 144 valence electrons. The van der Waals surface area contributed by atoms with Crippen LogP contribution in [0.2, 0.25) is 0 Å². The molecular formula is C22H35N3O. The number of nitrogens with zero attached hydrogens (tertiary/aromatic N) is 2. The zero-order valence-electron chi connectivity index (χ0n) is 16.7. The standard InChI is InChI=1S/C22H35N3O/c1-4-24-12-14-25(15-13-24)22(2,3)17-23-21(26)16-20(19-10-11-19)18-8-6-5-7-9-18/h5-9,19-20H,4,10-17H2,1-3H3,(H,23,26).